The second-order valence-corrected chi connectivity index (χ2v) is 5.44. The number of benzene rings is 1. The first-order valence-corrected chi connectivity index (χ1v) is 6.68. The van der Waals surface area contributed by atoms with Crippen molar-refractivity contribution in [3.8, 4) is 0 Å². The number of nitro benzene ring substituents is 1. The molecule has 6 nitrogen and oxygen atoms in total. The largest absolute Gasteiger partial charge is 0.481 e. The lowest BCUT2D eigenvalue weighted by Gasteiger charge is -2.38. The summed E-state index contributed by atoms with van der Waals surface area (Å²) in [6.07, 6.45) is 3.09. The Labute approximate surface area is 117 Å². The standard InChI is InChI=1S/C14H18N2O4/c1-14(13(17)18)9-5-4-8-12(14)15-10-6-2-3-7-11(10)16(19)20/h2-3,6-7,12,15H,4-5,8-9H2,1H3,(H,17,18). The van der Waals surface area contributed by atoms with Crippen LogP contribution in [0.3, 0.4) is 0 Å². The third-order valence-electron chi connectivity index (χ3n) is 4.13. The Morgan fingerprint density at radius 2 is 2.15 bits per heavy atom. The normalized spacial score (nSPS) is 25.9. The van der Waals surface area contributed by atoms with Gasteiger partial charge in [-0.3, -0.25) is 14.9 Å². The zero-order valence-electron chi connectivity index (χ0n) is 11.3. The van der Waals surface area contributed by atoms with Crippen LogP contribution < -0.4 is 5.32 Å². The highest BCUT2D eigenvalue weighted by Crippen LogP contribution is 2.39. The SMILES string of the molecule is CC1(C(=O)O)CCCCC1Nc1ccccc1[N+](=O)[O-]. The van der Waals surface area contributed by atoms with Gasteiger partial charge in [-0.2, -0.15) is 0 Å². The fourth-order valence-corrected chi connectivity index (χ4v) is 2.76. The highest BCUT2D eigenvalue weighted by molar-refractivity contribution is 5.76. The van der Waals surface area contributed by atoms with Crippen molar-refractivity contribution in [2.75, 3.05) is 5.32 Å². The van der Waals surface area contributed by atoms with Crippen molar-refractivity contribution in [1.82, 2.24) is 0 Å². The van der Waals surface area contributed by atoms with Gasteiger partial charge in [0.1, 0.15) is 5.69 Å². The van der Waals surface area contributed by atoms with E-state index >= 15 is 0 Å². The van der Waals surface area contributed by atoms with Gasteiger partial charge >= 0.3 is 5.97 Å². The van der Waals surface area contributed by atoms with E-state index in [9.17, 15) is 20.0 Å². The lowest BCUT2D eigenvalue weighted by atomic mass is 9.71. The summed E-state index contributed by atoms with van der Waals surface area (Å²) in [6, 6.07) is 6.05. The van der Waals surface area contributed by atoms with E-state index in [2.05, 4.69) is 5.32 Å². The molecule has 6 heteroatoms. The molecule has 0 bridgehead atoms. The van der Waals surface area contributed by atoms with Gasteiger partial charge < -0.3 is 10.4 Å². The molecule has 0 heterocycles. The summed E-state index contributed by atoms with van der Waals surface area (Å²) in [5.41, 5.74) is -0.523. The third-order valence-corrected chi connectivity index (χ3v) is 4.13. The Bertz CT molecular complexity index is 532. The molecule has 1 fully saturated rings. The number of nitrogens with zero attached hydrogens (tertiary/aromatic N) is 1. The lowest BCUT2D eigenvalue weighted by Crippen LogP contribution is -2.46. The monoisotopic (exact) mass is 278 g/mol. The van der Waals surface area contributed by atoms with E-state index in [1.165, 1.54) is 6.07 Å². The van der Waals surface area contributed by atoms with Crippen LogP contribution in [0.2, 0.25) is 0 Å². The van der Waals surface area contributed by atoms with Crippen LogP contribution >= 0.6 is 0 Å². The van der Waals surface area contributed by atoms with Crippen LogP contribution in [0.25, 0.3) is 0 Å². The quantitative estimate of drug-likeness (QED) is 0.652. The van der Waals surface area contributed by atoms with Gasteiger partial charge in [0.05, 0.1) is 10.3 Å². The molecule has 1 aliphatic carbocycles. The molecule has 0 aliphatic heterocycles. The molecule has 2 unspecified atom stereocenters. The number of para-hydroxylation sites is 2. The average Bonchev–Trinajstić information content (AvgIpc) is 2.41. The Morgan fingerprint density at radius 3 is 2.80 bits per heavy atom. The first kappa shape index (κ1) is 14.3. The van der Waals surface area contributed by atoms with Crippen LogP contribution in [-0.2, 0) is 4.79 Å². The van der Waals surface area contributed by atoms with E-state index in [-0.39, 0.29) is 11.7 Å². The maximum absolute atomic E-state index is 11.5. The van der Waals surface area contributed by atoms with E-state index < -0.39 is 16.3 Å². The molecule has 1 aromatic carbocycles. The third kappa shape index (κ3) is 2.59. The van der Waals surface area contributed by atoms with Gasteiger partial charge in [0.25, 0.3) is 5.69 Å². The number of hydrogen-bond acceptors (Lipinski definition) is 4. The van der Waals surface area contributed by atoms with Gasteiger partial charge in [0.15, 0.2) is 0 Å². The summed E-state index contributed by atoms with van der Waals surface area (Å²) >= 11 is 0. The number of rotatable bonds is 4. The van der Waals surface area contributed by atoms with E-state index in [1.807, 2.05) is 0 Å². The summed E-state index contributed by atoms with van der Waals surface area (Å²) in [5.74, 6) is -0.853. The molecule has 0 aromatic heterocycles. The summed E-state index contributed by atoms with van der Waals surface area (Å²) in [7, 11) is 0. The summed E-state index contributed by atoms with van der Waals surface area (Å²) in [4.78, 5) is 22.1. The highest BCUT2D eigenvalue weighted by Gasteiger charge is 2.43. The lowest BCUT2D eigenvalue weighted by molar-refractivity contribution is -0.384. The predicted molar refractivity (Wildman–Crippen MR) is 74.7 cm³/mol. The number of nitrogens with one attached hydrogen (secondary N) is 1. The molecular weight excluding hydrogens is 260 g/mol. The molecule has 0 spiro atoms. The number of aliphatic carboxylic acids is 1. The number of hydrogen-bond donors (Lipinski definition) is 2. The molecule has 1 aliphatic rings. The van der Waals surface area contributed by atoms with Gasteiger partial charge in [0.2, 0.25) is 0 Å². The van der Waals surface area contributed by atoms with Crippen LogP contribution in [0.1, 0.15) is 32.6 Å². The van der Waals surface area contributed by atoms with E-state index in [4.69, 9.17) is 0 Å². The minimum absolute atomic E-state index is 0.0224. The number of anilines is 1. The van der Waals surface area contributed by atoms with Gasteiger partial charge in [-0.15, -0.1) is 0 Å². The second-order valence-electron chi connectivity index (χ2n) is 5.44. The number of carboxylic acid groups (broad SMARTS) is 1. The molecule has 108 valence electrons. The predicted octanol–water partition coefficient (Wildman–Crippen LogP) is 3.04. The molecule has 20 heavy (non-hydrogen) atoms. The second kappa shape index (κ2) is 5.48. The van der Waals surface area contributed by atoms with E-state index in [0.29, 0.717) is 18.5 Å². The average molecular weight is 278 g/mol. The number of carboxylic acids is 1. The number of carbonyl (C=O) groups is 1. The van der Waals surface area contributed by atoms with Crippen molar-refractivity contribution >= 4 is 17.3 Å². The summed E-state index contributed by atoms with van der Waals surface area (Å²) in [5, 5.41) is 23.5. The molecule has 2 rings (SSSR count). The minimum Gasteiger partial charge on any atom is -0.481 e. The fourth-order valence-electron chi connectivity index (χ4n) is 2.76. The topological polar surface area (TPSA) is 92.5 Å². The van der Waals surface area contributed by atoms with Crippen molar-refractivity contribution in [2.24, 2.45) is 5.41 Å². The van der Waals surface area contributed by atoms with Gasteiger partial charge in [-0.1, -0.05) is 25.0 Å². The van der Waals surface area contributed by atoms with Crippen molar-refractivity contribution in [2.45, 2.75) is 38.6 Å². The Kier molecular flexibility index (Phi) is 3.92. The Balaban J connectivity index is 2.28. The van der Waals surface area contributed by atoms with Crippen LogP contribution in [0, 0.1) is 15.5 Å². The van der Waals surface area contributed by atoms with Crippen LogP contribution in [0.5, 0.6) is 0 Å². The first-order valence-electron chi connectivity index (χ1n) is 6.68. The van der Waals surface area contributed by atoms with Gasteiger partial charge in [0, 0.05) is 12.1 Å². The zero-order chi connectivity index (χ0) is 14.8. The van der Waals surface area contributed by atoms with Crippen molar-refractivity contribution < 1.29 is 14.8 Å². The number of nitro groups is 1. The molecule has 1 aromatic rings. The first-order chi connectivity index (χ1) is 9.45. The fraction of sp³-hybridized carbons (Fsp3) is 0.500. The molecule has 0 radical (unpaired) electrons. The maximum Gasteiger partial charge on any atom is 0.311 e. The van der Waals surface area contributed by atoms with E-state index in [0.717, 1.165) is 12.8 Å². The highest BCUT2D eigenvalue weighted by atomic mass is 16.6. The Hall–Kier alpha value is -2.11. The van der Waals surface area contributed by atoms with Gasteiger partial charge in [-0.25, -0.2) is 0 Å². The molecule has 0 amide bonds. The summed E-state index contributed by atoms with van der Waals surface area (Å²) < 4.78 is 0. The Morgan fingerprint density at radius 1 is 1.45 bits per heavy atom. The van der Waals surface area contributed by atoms with Crippen molar-refractivity contribution in [3.05, 3.63) is 34.4 Å². The molecule has 0 saturated heterocycles. The molecule has 2 atom stereocenters. The summed E-state index contributed by atoms with van der Waals surface area (Å²) in [6.45, 7) is 1.71. The molecular formula is C14H18N2O4. The zero-order valence-corrected chi connectivity index (χ0v) is 11.3. The maximum atomic E-state index is 11.5. The van der Waals surface area contributed by atoms with Crippen LogP contribution in [0.15, 0.2) is 24.3 Å². The van der Waals surface area contributed by atoms with Crippen molar-refractivity contribution in [1.29, 1.82) is 0 Å². The smallest absolute Gasteiger partial charge is 0.311 e. The van der Waals surface area contributed by atoms with E-state index in [1.54, 1.807) is 25.1 Å². The molecule has 1 saturated carbocycles. The van der Waals surface area contributed by atoms with Crippen LogP contribution in [-0.4, -0.2) is 22.0 Å². The van der Waals surface area contributed by atoms with Gasteiger partial charge in [-0.05, 0) is 25.8 Å². The van der Waals surface area contributed by atoms with Crippen molar-refractivity contribution in [3.63, 3.8) is 0 Å². The molecule has 2 N–H and O–H groups in total. The van der Waals surface area contributed by atoms with Crippen LogP contribution in [0.4, 0.5) is 11.4 Å². The minimum atomic E-state index is -0.887.